The molecule has 3 aromatic rings. The first-order valence-electron chi connectivity index (χ1n) is 8.39. The van der Waals surface area contributed by atoms with Crippen LogP contribution in [0.3, 0.4) is 0 Å². The normalized spacial score (nSPS) is 14.5. The van der Waals surface area contributed by atoms with Gasteiger partial charge in [0.05, 0.1) is 6.42 Å². The average molecular weight is 320 g/mol. The Hall–Kier alpha value is -2.69. The molecule has 2 heterocycles. The number of hydrogen-bond acceptors (Lipinski definition) is 3. The SMILES string of the molecule is Cc1ccc(CC(=O)Nc2nc3cccnc3n2C2CCC2)cc1. The molecule has 1 fully saturated rings. The first kappa shape index (κ1) is 14.9. The molecule has 0 atom stereocenters. The third-order valence-electron chi connectivity index (χ3n) is 4.63. The Morgan fingerprint density at radius 1 is 1.25 bits per heavy atom. The van der Waals surface area contributed by atoms with Crippen LogP contribution in [0.2, 0.25) is 0 Å². The molecule has 4 rings (SSSR count). The van der Waals surface area contributed by atoms with Gasteiger partial charge in [0.15, 0.2) is 5.65 Å². The van der Waals surface area contributed by atoms with Gasteiger partial charge in [-0.15, -0.1) is 0 Å². The molecule has 2 aromatic heterocycles. The zero-order valence-corrected chi connectivity index (χ0v) is 13.7. The number of nitrogens with zero attached hydrogens (tertiary/aromatic N) is 3. The molecule has 1 aromatic carbocycles. The number of aryl methyl sites for hydroxylation is 1. The van der Waals surface area contributed by atoms with Crippen LogP contribution < -0.4 is 5.32 Å². The van der Waals surface area contributed by atoms with Crippen molar-refractivity contribution in [2.24, 2.45) is 0 Å². The number of imidazole rings is 1. The van der Waals surface area contributed by atoms with Crippen LogP contribution in [-0.2, 0) is 11.2 Å². The first-order valence-corrected chi connectivity index (χ1v) is 8.39. The minimum absolute atomic E-state index is 0.0465. The molecule has 24 heavy (non-hydrogen) atoms. The topological polar surface area (TPSA) is 59.8 Å². The van der Waals surface area contributed by atoms with E-state index < -0.39 is 0 Å². The minimum Gasteiger partial charge on any atom is -0.296 e. The highest BCUT2D eigenvalue weighted by molar-refractivity contribution is 5.92. The van der Waals surface area contributed by atoms with Crippen molar-refractivity contribution in [3.05, 3.63) is 53.7 Å². The quantitative estimate of drug-likeness (QED) is 0.798. The minimum atomic E-state index is -0.0465. The Morgan fingerprint density at radius 2 is 2.04 bits per heavy atom. The van der Waals surface area contributed by atoms with E-state index in [1.807, 2.05) is 43.3 Å². The van der Waals surface area contributed by atoms with Gasteiger partial charge in [0.1, 0.15) is 5.52 Å². The van der Waals surface area contributed by atoms with Gasteiger partial charge in [0.25, 0.3) is 0 Å². The van der Waals surface area contributed by atoms with Crippen LogP contribution in [0.25, 0.3) is 11.2 Å². The number of fused-ring (bicyclic) bond motifs is 1. The zero-order chi connectivity index (χ0) is 16.5. The third-order valence-corrected chi connectivity index (χ3v) is 4.63. The molecule has 0 aliphatic heterocycles. The summed E-state index contributed by atoms with van der Waals surface area (Å²) in [5.41, 5.74) is 3.88. The van der Waals surface area contributed by atoms with Gasteiger partial charge in [-0.2, -0.15) is 0 Å². The molecule has 1 N–H and O–H groups in total. The molecule has 5 heteroatoms. The van der Waals surface area contributed by atoms with Crippen molar-refractivity contribution in [2.45, 2.75) is 38.6 Å². The Morgan fingerprint density at radius 3 is 2.75 bits per heavy atom. The number of rotatable bonds is 4. The molecular weight excluding hydrogens is 300 g/mol. The fourth-order valence-corrected chi connectivity index (χ4v) is 3.07. The number of carbonyl (C=O) groups excluding carboxylic acids is 1. The summed E-state index contributed by atoms with van der Waals surface area (Å²) < 4.78 is 2.09. The van der Waals surface area contributed by atoms with Gasteiger partial charge in [0, 0.05) is 12.2 Å². The van der Waals surface area contributed by atoms with E-state index in [-0.39, 0.29) is 5.91 Å². The van der Waals surface area contributed by atoms with Gasteiger partial charge < -0.3 is 0 Å². The van der Waals surface area contributed by atoms with Crippen molar-refractivity contribution in [3.8, 4) is 0 Å². The van der Waals surface area contributed by atoms with Crippen molar-refractivity contribution < 1.29 is 4.79 Å². The van der Waals surface area contributed by atoms with Gasteiger partial charge in [-0.05, 0) is 43.9 Å². The van der Waals surface area contributed by atoms with E-state index in [2.05, 4.69) is 19.9 Å². The predicted molar refractivity (Wildman–Crippen MR) is 93.9 cm³/mol. The van der Waals surface area contributed by atoms with Crippen molar-refractivity contribution >= 4 is 23.0 Å². The largest absolute Gasteiger partial charge is 0.296 e. The molecule has 122 valence electrons. The van der Waals surface area contributed by atoms with E-state index in [1.165, 1.54) is 12.0 Å². The number of benzene rings is 1. The van der Waals surface area contributed by atoms with Crippen LogP contribution in [0.15, 0.2) is 42.6 Å². The molecule has 0 unspecified atom stereocenters. The number of anilines is 1. The van der Waals surface area contributed by atoms with E-state index >= 15 is 0 Å². The molecule has 1 aliphatic rings. The summed E-state index contributed by atoms with van der Waals surface area (Å²) in [6, 6.07) is 12.2. The fourth-order valence-electron chi connectivity index (χ4n) is 3.07. The fraction of sp³-hybridized carbons (Fsp3) is 0.316. The predicted octanol–water partition coefficient (Wildman–Crippen LogP) is 3.65. The highest BCUT2D eigenvalue weighted by Crippen LogP contribution is 2.36. The van der Waals surface area contributed by atoms with Crippen LogP contribution in [-0.4, -0.2) is 20.4 Å². The Bertz CT molecular complexity index is 878. The molecule has 0 spiro atoms. The molecule has 5 nitrogen and oxygen atoms in total. The van der Waals surface area contributed by atoms with E-state index in [4.69, 9.17) is 0 Å². The number of hydrogen-bond donors (Lipinski definition) is 1. The smallest absolute Gasteiger partial charge is 0.231 e. The monoisotopic (exact) mass is 320 g/mol. The Kier molecular flexibility index (Phi) is 3.76. The van der Waals surface area contributed by atoms with Crippen LogP contribution in [0, 0.1) is 6.92 Å². The van der Waals surface area contributed by atoms with E-state index in [9.17, 15) is 4.79 Å². The molecule has 1 aliphatic carbocycles. The summed E-state index contributed by atoms with van der Waals surface area (Å²) in [4.78, 5) is 21.5. The van der Waals surface area contributed by atoms with Crippen molar-refractivity contribution in [2.75, 3.05) is 5.32 Å². The summed E-state index contributed by atoms with van der Waals surface area (Å²) in [5.74, 6) is 0.570. The maximum atomic E-state index is 12.4. The number of amides is 1. The van der Waals surface area contributed by atoms with E-state index in [0.717, 1.165) is 29.6 Å². The number of pyridine rings is 1. The molecule has 0 saturated heterocycles. The summed E-state index contributed by atoms with van der Waals surface area (Å²) in [5, 5.41) is 2.99. The Labute approximate surface area is 140 Å². The van der Waals surface area contributed by atoms with Crippen LogP contribution >= 0.6 is 0 Å². The highest BCUT2D eigenvalue weighted by atomic mass is 16.1. The lowest BCUT2D eigenvalue weighted by Gasteiger charge is -2.28. The van der Waals surface area contributed by atoms with Crippen molar-refractivity contribution in [1.82, 2.24) is 14.5 Å². The van der Waals surface area contributed by atoms with Gasteiger partial charge >= 0.3 is 0 Å². The molecular formula is C19H20N4O. The summed E-state index contributed by atoms with van der Waals surface area (Å²) in [7, 11) is 0. The van der Waals surface area contributed by atoms with Gasteiger partial charge in [-0.1, -0.05) is 29.8 Å². The Balaban J connectivity index is 1.59. The van der Waals surface area contributed by atoms with Gasteiger partial charge in [-0.25, -0.2) is 9.97 Å². The van der Waals surface area contributed by atoms with Gasteiger partial charge in [-0.3, -0.25) is 14.7 Å². The maximum absolute atomic E-state index is 12.4. The van der Waals surface area contributed by atoms with Crippen molar-refractivity contribution in [3.63, 3.8) is 0 Å². The summed E-state index contributed by atoms with van der Waals surface area (Å²) in [6.45, 7) is 2.04. The van der Waals surface area contributed by atoms with Gasteiger partial charge in [0.2, 0.25) is 11.9 Å². The van der Waals surface area contributed by atoms with Crippen LogP contribution in [0.1, 0.15) is 36.4 Å². The van der Waals surface area contributed by atoms with E-state index in [0.29, 0.717) is 18.4 Å². The molecule has 1 amide bonds. The number of nitrogens with one attached hydrogen (secondary N) is 1. The van der Waals surface area contributed by atoms with Crippen LogP contribution in [0.4, 0.5) is 5.95 Å². The third kappa shape index (κ3) is 2.77. The second kappa shape index (κ2) is 6.07. The number of aromatic nitrogens is 3. The summed E-state index contributed by atoms with van der Waals surface area (Å²) in [6.07, 6.45) is 5.57. The lowest BCUT2D eigenvalue weighted by Crippen LogP contribution is -2.23. The lowest BCUT2D eigenvalue weighted by molar-refractivity contribution is -0.115. The molecule has 0 radical (unpaired) electrons. The average Bonchev–Trinajstić information content (AvgIpc) is 2.86. The zero-order valence-electron chi connectivity index (χ0n) is 13.7. The lowest BCUT2D eigenvalue weighted by atomic mass is 9.93. The standard InChI is InChI=1S/C19H20N4O/c1-13-7-9-14(10-8-13)12-17(24)22-19-21-16-6-3-11-20-18(16)23(19)15-4-2-5-15/h3,6-11,15H,2,4-5,12H2,1H3,(H,21,22,24). The maximum Gasteiger partial charge on any atom is 0.231 e. The summed E-state index contributed by atoms with van der Waals surface area (Å²) >= 11 is 0. The number of carbonyl (C=O) groups is 1. The highest BCUT2D eigenvalue weighted by Gasteiger charge is 2.26. The first-order chi connectivity index (χ1) is 11.7. The van der Waals surface area contributed by atoms with E-state index in [1.54, 1.807) is 6.20 Å². The molecule has 1 saturated carbocycles. The van der Waals surface area contributed by atoms with Crippen LogP contribution in [0.5, 0.6) is 0 Å². The molecule has 0 bridgehead atoms. The second-order valence-electron chi connectivity index (χ2n) is 6.45. The van der Waals surface area contributed by atoms with Crippen molar-refractivity contribution in [1.29, 1.82) is 0 Å². The second-order valence-corrected chi connectivity index (χ2v) is 6.45.